The van der Waals surface area contributed by atoms with E-state index in [1.807, 2.05) is 0 Å². The number of hydrogen-bond acceptors (Lipinski definition) is 2. The van der Waals surface area contributed by atoms with E-state index in [1.54, 1.807) is 0 Å². The highest BCUT2D eigenvalue weighted by atomic mass is 16.5. The molecule has 0 unspecified atom stereocenters. The van der Waals surface area contributed by atoms with Crippen molar-refractivity contribution in [3.63, 3.8) is 0 Å². The molecule has 0 fully saturated rings. The number of carbonyl (C=O) groups excluding carboxylic acids is 1. The van der Waals surface area contributed by atoms with Crippen LogP contribution in [0.2, 0.25) is 0 Å². The number of unbranched alkanes of at least 4 members (excludes halogenated alkanes) is 31. The van der Waals surface area contributed by atoms with Crippen LogP contribution in [0.15, 0.2) is 12.2 Å². The maximum Gasteiger partial charge on any atom is 0.305 e. The summed E-state index contributed by atoms with van der Waals surface area (Å²) in [6.45, 7) is 7.56. The molecular formula is C44H86O2. The van der Waals surface area contributed by atoms with Gasteiger partial charge in [0.25, 0.3) is 0 Å². The third-order valence-electron chi connectivity index (χ3n) is 9.83. The molecule has 2 nitrogen and oxygen atoms in total. The molecule has 0 saturated heterocycles. The van der Waals surface area contributed by atoms with Gasteiger partial charge in [-0.05, 0) is 38.0 Å². The first kappa shape index (κ1) is 45.2. The molecular weight excluding hydrogens is 560 g/mol. The first-order chi connectivity index (χ1) is 22.7. The normalized spacial score (nSPS) is 11.7. The molecule has 0 heterocycles. The maximum atomic E-state index is 11.9. The van der Waals surface area contributed by atoms with Crippen molar-refractivity contribution in [3.8, 4) is 0 Å². The van der Waals surface area contributed by atoms with Crippen molar-refractivity contribution in [1.29, 1.82) is 0 Å². The van der Waals surface area contributed by atoms with Gasteiger partial charge in [-0.25, -0.2) is 0 Å². The van der Waals surface area contributed by atoms with Gasteiger partial charge < -0.3 is 4.74 Å². The number of hydrogen-bond donors (Lipinski definition) is 0. The third-order valence-corrected chi connectivity index (χ3v) is 9.83. The summed E-state index contributed by atoms with van der Waals surface area (Å²) in [6, 6.07) is 0. The van der Waals surface area contributed by atoms with Gasteiger partial charge in [0.2, 0.25) is 0 Å². The smallest absolute Gasteiger partial charge is 0.305 e. The summed E-state index contributed by atoms with van der Waals surface area (Å²) in [5.74, 6) is 0.904. The number of ether oxygens (including phenoxy) is 1. The Hall–Kier alpha value is -0.790. The van der Waals surface area contributed by atoms with Gasteiger partial charge in [0.05, 0.1) is 6.61 Å². The van der Waals surface area contributed by atoms with E-state index >= 15 is 0 Å². The van der Waals surface area contributed by atoms with Crippen LogP contribution in [-0.2, 0) is 9.53 Å². The zero-order valence-corrected chi connectivity index (χ0v) is 32.2. The Bertz CT molecular complexity index is 595. The van der Waals surface area contributed by atoms with Gasteiger partial charge in [-0.3, -0.25) is 4.79 Å². The number of esters is 1. The molecule has 2 heteroatoms. The molecule has 0 saturated carbocycles. The highest BCUT2D eigenvalue weighted by Gasteiger charge is 2.03. The zero-order valence-electron chi connectivity index (χ0n) is 32.2. The Morgan fingerprint density at radius 3 is 1.15 bits per heavy atom. The second-order valence-electron chi connectivity index (χ2n) is 15.2. The molecule has 0 N–H and O–H groups in total. The first-order valence-corrected chi connectivity index (χ1v) is 21.5. The number of rotatable bonds is 39. The fourth-order valence-electron chi connectivity index (χ4n) is 6.60. The minimum absolute atomic E-state index is 0.0171. The van der Waals surface area contributed by atoms with Crippen molar-refractivity contribution in [1.82, 2.24) is 0 Å². The van der Waals surface area contributed by atoms with Gasteiger partial charge in [0.1, 0.15) is 0 Å². The Morgan fingerprint density at radius 1 is 0.435 bits per heavy atom. The highest BCUT2D eigenvalue weighted by Crippen LogP contribution is 2.17. The summed E-state index contributed by atoms with van der Waals surface area (Å²) in [7, 11) is 0. The molecule has 0 atom stereocenters. The molecule has 274 valence electrons. The maximum absolute atomic E-state index is 11.9. The van der Waals surface area contributed by atoms with Crippen molar-refractivity contribution >= 4 is 5.97 Å². The Balaban J connectivity index is 3.14. The van der Waals surface area contributed by atoms with Gasteiger partial charge in [0.15, 0.2) is 0 Å². The molecule has 0 aliphatic heterocycles. The van der Waals surface area contributed by atoms with Gasteiger partial charge in [0, 0.05) is 6.42 Å². The van der Waals surface area contributed by atoms with Crippen molar-refractivity contribution in [2.24, 2.45) is 5.92 Å². The van der Waals surface area contributed by atoms with Crippen molar-refractivity contribution in [3.05, 3.63) is 12.2 Å². The van der Waals surface area contributed by atoms with E-state index < -0.39 is 0 Å². The molecule has 0 aromatic heterocycles. The Labute approximate surface area is 291 Å². The van der Waals surface area contributed by atoms with Gasteiger partial charge in [-0.1, -0.05) is 226 Å². The van der Waals surface area contributed by atoms with Crippen molar-refractivity contribution in [2.45, 2.75) is 252 Å². The minimum atomic E-state index is 0.0171. The topological polar surface area (TPSA) is 26.3 Å². The van der Waals surface area contributed by atoms with E-state index in [2.05, 4.69) is 32.9 Å². The van der Waals surface area contributed by atoms with E-state index in [0.29, 0.717) is 13.0 Å². The van der Waals surface area contributed by atoms with Crippen LogP contribution in [0.5, 0.6) is 0 Å². The third kappa shape index (κ3) is 41.2. The summed E-state index contributed by atoms with van der Waals surface area (Å²) < 4.78 is 5.44. The average Bonchev–Trinajstić information content (AvgIpc) is 3.04. The quantitative estimate of drug-likeness (QED) is 0.0377. The standard InChI is InChI=1S/C44H86O2/c1-4-5-6-7-8-9-25-29-32-35-38-41-44(45)46-42-39-36-33-30-27-24-22-20-18-16-14-12-10-11-13-15-17-19-21-23-26-28-31-34-37-40-43(2)3/h7-8,43H,4-6,9-42H2,1-3H3/b8-7-. The highest BCUT2D eigenvalue weighted by molar-refractivity contribution is 5.69. The lowest BCUT2D eigenvalue weighted by molar-refractivity contribution is -0.143. The molecule has 0 aromatic rings. The Morgan fingerprint density at radius 2 is 0.761 bits per heavy atom. The fourth-order valence-corrected chi connectivity index (χ4v) is 6.60. The van der Waals surface area contributed by atoms with E-state index in [9.17, 15) is 4.79 Å². The van der Waals surface area contributed by atoms with Crippen LogP contribution in [0.3, 0.4) is 0 Å². The van der Waals surface area contributed by atoms with E-state index in [4.69, 9.17) is 4.74 Å². The van der Waals surface area contributed by atoms with E-state index in [0.717, 1.165) is 25.2 Å². The van der Waals surface area contributed by atoms with E-state index in [1.165, 1.54) is 205 Å². The number of carbonyl (C=O) groups is 1. The predicted molar refractivity (Wildman–Crippen MR) is 207 cm³/mol. The van der Waals surface area contributed by atoms with Gasteiger partial charge in [-0.15, -0.1) is 0 Å². The molecule has 0 rings (SSSR count). The second-order valence-corrected chi connectivity index (χ2v) is 15.2. The monoisotopic (exact) mass is 647 g/mol. The molecule has 0 bridgehead atoms. The van der Waals surface area contributed by atoms with Crippen molar-refractivity contribution < 1.29 is 9.53 Å². The molecule has 0 aromatic carbocycles. The lowest BCUT2D eigenvalue weighted by Crippen LogP contribution is -2.05. The summed E-state index contributed by atoms with van der Waals surface area (Å²) in [6.07, 6.45) is 53.2. The summed E-state index contributed by atoms with van der Waals surface area (Å²) in [4.78, 5) is 11.9. The summed E-state index contributed by atoms with van der Waals surface area (Å²) in [5.41, 5.74) is 0. The molecule has 0 aliphatic carbocycles. The Kier molecular flexibility index (Phi) is 39.7. The van der Waals surface area contributed by atoms with Crippen LogP contribution in [0.1, 0.15) is 252 Å². The number of allylic oxidation sites excluding steroid dienone is 2. The van der Waals surface area contributed by atoms with Crippen LogP contribution >= 0.6 is 0 Å². The zero-order chi connectivity index (χ0) is 33.4. The van der Waals surface area contributed by atoms with Crippen LogP contribution in [0.4, 0.5) is 0 Å². The SMILES string of the molecule is CCCC/C=C\CCCCCCCC(=O)OCCCCCCCCCCCCCCCCCCCCCCCCCCCC(C)C. The lowest BCUT2D eigenvalue weighted by Gasteiger charge is -2.06. The van der Waals surface area contributed by atoms with Crippen molar-refractivity contribution in [2.75, 3.05) is 6.61 Å². The largest absolute Gasteiger partial charge is 0.466 e. The molecule has 0 spiro atoms. The average molecular weight is 647 g/mol. The second kappa shape index (κ2) is 40.4. The molecule has 0 radical (unpaired) electrons. The predicted octanol–water partition coefficient (Wildman–Crippen LogP) is 15.8. The van der Waals surface area contributed by atoms with Gasteiger partial charge >= 0.3 is 5.97 Å². The lowest BCUT2D eigenvalue weighted by atomic mass is 10.0. The van der Waals surface area contributed by atoms with E-state index in [-0.39, 0.29) is 5.97 Å². The van der Waals surface area contributed by atoms with Crippen LogP contribution in [-0.4, -0.2) is 12.6 Å². The van der Waals surface area contributed by atoms with Crippen LogP contribution in [0.25, 0.3) is 0 Å². The van der Waals surface area contributed by atoms with Gasteiger partial charge in [-0.2, -0.15) is 0 Å². The van der Waals surface area contributed by atoms with Crippen LogP contribution in [0, 0.1) is 5.92 Å². The van der Waals surface area contributed by atoms with Crippen LogP contribution < -0.4 is 0 Å². The summed E-state index contributed by atoms with van der Waals surface area (Å²) in [5, 5.41) is 0. The first-order valence-electron chi connectivity index (χ1n) is 21.5. The minimum Gasteiger partial charge on any atom is -0.466 e. The molecule has 0 amide bonds. The fraction of sp³-hybridized carbons (Fsp3) is 0.932. The summed E-state index contributed by atoms with van der Waals surface area (Å²) >= 11 is 0. The molecule has 46 heavy (non-hydrogen) atoms. The molecule has 0 aliphatic rings.